The lowest BCUT2D eigenvalue weighted by Gasteiger charge is -2.05. The molecule has 0 nitrogen and oxygen atoms in total. The zero-order chi connectivity index (χ0) is 10.3. The summed E-state index contributed by atoms with van der Waals surface area (Å²) in [6.45, 7) is 2.11. The Labute approximate surface area is 89.6 Å². The number of allylic oxidation sites excluding steroid dienone is 3. The molecule has 0 unspecified atom stereocenters. The molecule has 0 N–H and O–H groups in total. The van der Waals surface area contributed by atoms with Crippen molar-refractivity contribution in [2.24, 2.45) is 0 Å². The predicted octanol–water partition coefficient (Wildman–Crippen LogP) is 4.07. The van der Waals surface area contributed by atoms with E-state index in [0.717, 1.165) is 0 Å². The van der Waals surface area contributed by atoms with Crippen LogP contribution in [0.1, 0.15) is 18.1 Å². The maximum absolute atomic E-state index is 3.24. The predicted molar refractivity (Wildman–Crippen MR) is 65.3 cm³/mol. The fraction of sp³-hybridized carbons (Fsp3) is 0.0667. The molecule has 0 amide bonds. The van der Waals surface area contributed by atoms with Gasteiger partial charge in [0.2, 0.25) is 0 Å². The Morgan fingerprint density at radius 1 is 1.00 bits per heavy atom. The van der Waals surface area contributed by atoms with Crippen LogP contribution in [-0.2, 0) is 0 Å². The Hall–Kier alpha value is -1.91. The maximum Gasteiger partial charge on any atom is 0.121 e. The molecule has 70 valence electrons. The van der Waals surface area contributed by atoms with E-state index in [9.17, 15) is 0 Å². The van der Waals surface area contributed by atoms with E-state index in [0.29, 0.717) is 0 Å². The van der Waals surface area contributed by atoms with Crippen LogP contribution in [0, 0.1) is 6.08 Å². The van der Waals surface area contributed by atoms with Crippen molar-refractivity contribution in [1.82, 2.24) is 0 Å². The Balaban J connectivity index is 2.45. The van der Waals surface area contributed by atoms with Gasteiger partial charge in [0.1, 0.15) is 17.2 Å². The highest BCUT2D eigenvalue weighted by Crippen LogP contribution is 2.30. The summed E-state index contributed by atoms with van der Waals surface area (Å²) in [4.78, 5) is 0. The number of benzene rings is 2. The molecule has 1 aliphatic carbocycles. The van der Waals surface area contributed by atoms with Gasteiger partial charge in [-0.3, -0.25) is 0 Å². The lowest BCUT2D eigenvalue weighted by molar-refractivity contribution is 1.54. The van der Waals surface area contributed by atoms with Crippen molar-refractivity contribution in [2.45, 2.75) is 6.92 Å². The summed E-state index contributed by atoms with van der Waals surface area (Å²) >= 11 is 0. The van der Waals surface area contributed by atoms with Crippen LogP contribution in [0.25, 0.3) is 22.4 Å². The van der Waals surface area contributed by atoms with Crippen molar-refractivity contribution in [3.05, 3.63) is 59.7 Å². The third-order valence-electron chi connectivity index (χ3n) is 2.92. The zero-order valence-corrected chi connectivity index (χ0v) is 8.62. The van der Waals surface area contributed by atoms with Gasteiger partial charge in [0.25, 0.3) is 0 Å². The van der Waals surface area contributed by atoms with Crippen LogP contribution in [0.15, 0.2) is 42.5 Å². The molecule has 1 aliphatic rings. The highest BCUT2D eigenvalue weighted by molar-refractivity contribution is 5.96. The third-order valence-corrected chi connectivity index (χ3v) is 2.92. The molecule has 0 atom stereocenters. The Morgan fingerprint density at radius 2 is 1.87 bits per heavy atom. The summed E-state index contributed by atoms with van der Waals surface area (Å²) in [5, 5.41) is 2.63. The van der Waals surface area contributed by atoms with Crippen LogP contribution >= 0.6 is 0 Å². The second-order valence-corrected chi connectivity index (χ2v) is 3.85. The fourth-order valence-corrected chi connectivity index (χ4v) is 2.13. The standard InChI is InChI=1S/C15H11/c1-11-5-4-8-15-13(11)10-9-12-6-2-3-7-14(12)15/h2-4,6-10H,1H3/q+1. The first-order chi connectivity index (χ1) is 7.36. The quantitative estimate of drug-likeness (QED) is 0.550. The molecule has 0 aromatic heterocycles. The number of hydrogen-bond donors (Lipinski definition) is 0. The molecule has 3 rings (SSSR count). The first kappa shape index (κ1) is 8.40. The van der Waals surface area contributed by atoms with E-state index in [-0.39, 0.29) is 0 Å². The van der Waals surface area contributed by atoms with E-state index in [2.05, 4.69) is 55.5 Å². The summed E-state index contributed by atoms with van der Waals surface area (Å²) in [6.07, 6.45) is 7.39. The molecule has 0 heteroatoms. The summed E-state index contributed by atoms with van der Waals surface area (Å²) in [5.74, 6) is 0. The van der Waals surface area contributed by atoms with E-state index in [1.165, 1.54) is 27.5 Å². The van der Waals surface area contributed by atoms with Crippen molar-refractivity contribution in [2.75, 3.05) is 0 Å². The van der Waals surface area contributed by atoms with Crippen molar-refractivity contribution in [3.63, 3.8) is 0 Å². The van der Waals surface area contributed by atoms with Gasteiger partial charge in [-0.15, -0.1) is 0 Å². The lowest BCUT2D eigenvalue weighted by atomic mass is 9.92. The van der Waals surface area contributed by atoms with Gasteiger partial charge < -0.3 is 0 Å². The second-order valence-electron chi connectivity index (χ2n) is 3.85. The van der Waals surface area contributed by atoms with Gasteiger partial charge in [0.15, 0.2) is 0 Å². The lowest BCUT2D eigenvalue weighted by Crippen LogP contribution is -1.91. The SMILES string of the molecule is CC1=[C+]C=Cc2c1ccc1ccccc21. The molecule has 0 aliphatic heterocycles. The van der Waals surface area contributed by atoms with Crippen molar-refractivity contribution < 1.29 is 0 Å². The number of rotatable bonds is 0. The van der Waals surface area contributed by atoms with Gasteiger partial charge in [0, 0.05) is 17.5 Å². The summed E-state index contributed by atoms with van der Waals surface area (Å²) < 4.78 is 0. The molecule has 0 spiro atoms. The van der Waals surface area contributed by atoms with E-state index in [4.69, 9.17) is 0 Å². The molecule has 0 fully saturated rings. The molecule has 2 aromatic rings. The molecular weight excluding hydrogens is 180 g/mol. The summed E-state index contributed by atoms with van der Waals surface area (Å²) in [5.41, 5.74) is 3.85. The highest BCUT2D eigenvalue weighted by Gasteiger charge is 2.17. The van der Waals surface area contributed by atoms with E-state index < -0.39 is 0 Å². The topological polar surface area (TPSA) is 0 Å². The highest BCUT2D eigenvalue weighted by atomic mass is 14.1. The Bertz CT molecular complexity index is 586. The minimum atomic E-state index is 1.22. The third kappa shape index (κ3) is 1.20. The van der Waals surface area contributed by atoms with Crippen LogP contribution in [0.5, 0.6) is 0 Å². The van der Waals surface area contributed by atoms with Crippen molar-refractivity contribution >= 4 is 22.4 Å². The van der Waals surface area contributed by atoms with E-state index in [1.807, 2.05) is 6.08 Å². The Kier molecular flexibility index (Phi) is 1.71. The van der Waals surface area contributed by atoms with Crippen LogP contribution in [0.2, 0.25) is 0 Å². The molecular formula is C15H11+. The maximum atomic E-state index is 3.24. The van der Waals surface area contributed by atoms with E-state index in [1.54, 1.807) is 0 Å². The first-order valence-corrected chi connectivity index (χ1v) is 5.15. The molecule has 0 heterocycles. The van der Waals surface area contributed by atoms with Gasteiger partial charge in [-0.1, -0.05) is 24.3 Å². The second kappa shape index (κ2) is 3.05. The molecule has 2 aromatic carbocycles. The average molecular weight is 191 g/mol. The average Bonchev–Trinajstić information content (AvgIpc) is 2.29. The van der Waals surface area contributed by atoms with Gasteiger partial charge in [-0.25, -0.2) is 0 Å². The Morgan fingerprint density at radius 3 is 2.80 bits per heavy atom. The van der Waals surface area contributed by atoms with Crippen molar-refractivity contribution in [1.29, 1.82) is 0 Å². The monoisotopic (exact) mass is 191 g/mol. The molecule has 0 saturated carbocycles. The van der Waals surface area contributed by atoms with E-state index >= 15 is 0 Å². The van der Waals surface area contributed by atoms with Crippen molar-refractivity contribution in [3.8, 4) is 0 Å². The molecule has 0 radical (unpaired) electrons. The number of fused-ring (bicyclic) bond motifs is 3. The smallest absolute Gasteiger partial charge is 0.0616 e. The van der Waals surface area contributed by atoms with Gasteiger partial charge in [-0.05, 0) is 18.4 Å². The number of hydrogen-bond acceptors (Lipinski definition) is 0. The molecule has 0 bridgehead atoms. The summed E-state index contributed by atoms with van der Waals surface area (Å²) in [6, 6.07) is 12.9. The van der Waals surface area contributed by atoms with Gasteiger partial charge in [-0.2, -0.15) is 0 Å². The van der Waals surface area contributed by atoms with Crippen LogP contribution < -0.4 is 0 Å². The molecule has 15 heavy (non-hydrogen) atoms. The van der Waals surface area contributed by atoms with Crippen LogP contribution in [0.4, 0.5) is 0 Å². The fourth-order valence-electron chi connectivity index (χ4n) is 2.13. The minimum Gasteiger partial charge on any atom is -0.0616 e. The normalized spacial score (nSPS) is 13.3. The largest absolute Gasteiger partial charge is 0.121 e. The summed E-state index contributed by atoms with van der Waals surface area (Å²) in [7, 11) is 0. The first-order valence-electron chi connectivity index (χ1n) is 5.15. The van der Waals surface area contributed by atoms with Crippen LogP contribution in [0.3, 0.4) is 0 Å². The molecule has 0 saturated heterocycles. The minimum absolute atomic E-state index is 1.22. The van der Waals surface area contributed by atoms with Crippen LogP contribution in [-0.4, -0.2) is 0 Å². The van der Waals surface area contributed by atoms with Gasteiger partial charge >= 0.3 is 0 Å². The van der Waals surface area contributed by atoms with Gasteiger partial charge in [0.05, 0.1) is 11.6 Å². The zero-order valence-electron chi connectivity index (χ0n) is 8.62.